The number of rotatable bonds is 3. The maximum Gasteiger partial charge on any atom is 0.303 e. The Morgan fingerprint density at radius 3 is 2.66 bits per heavy atom. The monoisotopic (exact) mass is 456 g/mol. The van der Waals surface area contributed by atoms with Gasteiger partial charge in [0.1, 0.15) is 11.3 Å². The van der Waals surface area contributed by atoms with Crippen molar-refractivity contribution in [3.05, 3.63) is 65.1 Å². The summed E-state index contributed by atoms with van der Waals surface area (Å²) in [4.78, 5) is 19.0. The van der Waals surface area contributed by atoms with E-state index in [1.807, 2.05) is 0 Å². The number of aromatic nitrogens is 1. The molecule has 0 radical (unpaired) electrons. The number of phenols is 1. The van der Waals surface area contributed by atoms with Crippen LogP contribution in [0.2, 0.25) is 0 Å². The Morgan fingerprint density at radius 2 is 1.91 bits per heavy atom. The van der Waals surface area contributed by atoms with Crippen molar-refractivity contribution in [3.8, 4) is 5.75 Å². The lowest BCUT2D eigenvalue weighted by molar-refractivity contribution is 0.0764. The fourth-order valence-corrected chi connectivity index (χ4v) is 5.91. The van der Waals surface area contributed by atoms with Gasteiger partial charge in [0.25, 0.3) is 5.91 Å². The highest BCUT2D eigenvalue weighted by molar-refractivity contribution is 7.90. The summed E-state index contributed by atoms with van der Waals surface area (Å²) in [6, 6.07) is 9.20. The summed E-state index contributed by atoms with van der Waals surface area (Å²) >= 11 is 0. The van der Waals surface area contributed by atoms with E-state index < -0.39 is 16.1 Å². The second-order valence-corrected chi connectivity index (χ2v) is 9.95. The maximum absolute atomic E-state index is 13.3. The molecule has 1 N–H and O–H groups in total. The van der Waals surface area contributed by atoms with Crippen molar-refractivity contribution in [1.82, 2.24) is 14.2 Å². The molecule has 166 valence electrons. The van der Waals surface area contributed by atoms with Crippen molar-refractivity contribution in [2.75, 3.05) is 24.4 Å². The molecular formula is C22H21FN4O4S. The fourth-order valence-electron chi connectivity index (χ4n) is 4.42. The molecule has 2 aromatic carbocycles. The van der Waals surface area contributed by atoms with Gasteiger partial charge < -0.3 is 10.0 Å². The summed E-state index contributed by atoms with van der Waals surface area (Å²) in [7, 11) is -2.27. The minimum atomic E-state index is -3.79. The molecule has 32 heavy (non-hydrogen) atoms. The van der Waals surface area contributed by atoms with Gasteiger partial charge in [0.2, 0.25) is 0 Å². The maximum atomic E-state index is 13.3. The number of benzene rings is 2. The third-order valence-corrected chi connectivity index (χ3v) is 7.90. The van der Waals surface area contributed by atoms with Crippen LogP contribution in [0, 0.1) is 5.82 Å². The van der Waals surface area contributed by atoms with E-state index in [1.54, 1.807) is 24.3 Å². The quantitative estimate of drug-likeness (QED) is 0.654. The van der Waals surface area contributed by atoms with E-state index in [0.29, 0.717) is 29.6 Å². The Balaban J connectivity index is 1.68. The molecule has 3 heterocycles. The Labute approximate surface area is 184 Å². The van der Waals surface area contributed by atoms with Crippen LogP contribution in [0.25, 0.3) is 10.9 Å². The molecule has 0 unspecified atom stereocenters. The van der Waals surface area contributed by atoms with Crippen molar-refractivity contribution in [1.29, 1.82) is 0 Å². The highest BCUT2D eigenvalue weighted by Gasteiger charge is 2.40. The van der Waals surface area contributed by atoms with Gasteiger partial charge in [-0.2, -0.15) is 12.7 Å². The average Bonchev–Trinajstić information content (AvgIpc) is 3.09. The van der Waals surface area contributed by atoms with Gasteiger partial charge in [0.15, 0.2) is 5.75 Å². The third kappa shape index (κ3) is 3.09. The standard InChI is InChI=1S/C22H21FN4O4S/c1-25-10-3-11-27(32(25,30)31)20-16-4-2-9-24-19(16)21(28)18-17(20)13-26(22(18)29)12-14-5-7-15(23)8-6-14/h2,4-9,28H,3,10-13H2,1H3. The number of phenolic OH excluding ortho intramolecular Hbond substituents is 1. The van der Waals surface area contributed by atoms with Crippen LogP contribution in [0.4, 0.5) is 10.1 Å². The molecule has 3 aromatic rings. The minimum Gasteiger partial charge on any atom is -0.505 e. The number of carbonyl (C=O) groups is 1. The van der Waals surface area contributed by atoms with Gasteiger partial charge in [-0.1, -0.05) is 12.1 Å². The summed E-state index contributed by atoms with van der Waals surface area (Å²) in [5, 5.41) is 11.4. The molecule has 1 amide bonds. The van der Waals surface area contributed by atoms with Crippen molar-refractivity contribution in [3.63, 3.8) is 0 Å². The van der Waals surface area contributed by atoms with E-state index in [0.717, 1.165) is 5.56 Å². The molecule has 2 aliphatic heterocycles. The van der Waals surface area contributed by atoms with Gasteiger partial charge in [0, 0.05) is 50.4 Å². The van der Waals surface area contributed by atoms with Crippen molar-refractivity contribution < 1.29 is 22.7 Å². The first-order valence-corrected chi connectivity index (χ1v) is 11.6. The van der Waals surface area contributed by atoms with E-state index in [2.05, 4.69) is 4.98 Å². The molecule has 0 spiro atoms. The van der Waals surface area contributed by atoms with Crippen LogP contribution in [0.15, 0.2) is 42.6 Å². The normalized spacial score (nSPS) is 18.4. The summed E-state index contributed by atoms with van der Waals surface area (Å²) in [5.74, 6) is -1.05. The van der Waals surface area contributed by atoms with Crippen LogP contribution in [0.3, 0.4) is 0 Å². The zero-order chi connectivity index (χ0) is 22.6. The van der Waals surface area contributed by atoms with Crippen LogP contribution >= 0.6 is 0 Å². The topological polar surface area (TPSA) is 94.1 Å². The number of halogens is 1. The minimum absolute atomic E-state index is 0.0664. The van der Waals surface area contributed by atoms with E-state index in [-0.39, 0.29) is 42.3 Å². The SMILES string of the molecule is CN1CCCN(c2c3c(c(O)c4ncccc24)C(=O)N(Cc2ccc(F)cc2)C3)S1(=O)=O. The molecule has 1 aromatic heterocycles. The first-order valence-electron chi connectivity index (χ1n) is 10.2. The number of pyridine rings is 1. The Morgan fingerprint density at radius 1 is 1.16 bits per heavy atom. The zero-order valence-electron chi connectivity index (χ0n) is 17.3. The number of amides is 1. The molecule has 5 rings (SSSR count). The molecule has 10 heteroatoms. The van der Waals surface area contributed by atoms with Crippen LogP contribution in [-0.2, 0) is 23.3 Å². The molecule has 0 atom stereocenters. The lowest BCUT2D eigenvalue weighted by atomic mass is 10.0. The molecule has 2 aliphatic rings. The largest absolute Gasteiger partial charge is 0.505 e. The van der Waals surface area contributed by atoms with E-state index in [4.69, 9.17) is 0 Å². The van der Waals surface area contributed by atoms with Gasteiger partial charge in [-0.3, -0.25) is 14.1 Å². The summed E-state index contributed by atoms with van der Waals surface area (Å²) in [5.41, 5.74) is 1.80. The molecule has 1 fully saturated rings. The zero-order valence-corrected chi connectivity index (χ0v) is 18.1. The second-order valence-electron chi connectivity index (χ2n) is 7.99. The van der Waals surface area contributed by atoms with Gasteiger partial charge in [-0.25, -0.2) is 4.39 Å². The highest BCUT2D eigenvalue weighted by Crippen LogP contribution is 2.45. The van der Waals surface area contributed by atoms with Crippen LogP contribution in [0.5, 0.6) is 5.75 Å². The van der Waals surface area contributed by atoms with Gasteiger partial charge >= 0.3 is 10.2 Å². The van der Waals surface area contributed by atoms with E-state index in [9.17, 15) is 22.7 Å². The molecule has 1 saturated heterocycles. The van der Waals surface area contributed by atoms with Crippen molar-refractivity contribution in [2.45, 2.75) is 19.5 Å². The van der Waals surface area contributed by atoms with E-state index >= 15 is 0 Å². The third-order valence-electron chi connectivity index (χ3n) is 6.00. The van der Waals surface area contributed by atoms with Crippen LogP contribution < -0.4 is 4.31 Å². The summed E-state index contributed by atoms with van der Waals surface area (Å²) in [6.07, 6.45) is 2.12. The number of carbonyl (C=O) groups excluding carboxylic acids is 1. The Bertz CT molecular complexity index is 1340. The molecule has 0 saturated carbocycles. The molecule has 0 aliphatic carbocycles. The molecule has 8 nitrogen and oxygen atoms in total. The first-order chi connectivity index (χ1) is 15.3. The summed E-state index contributed by atoms with van der Waals surface area (Å²) in [6.45, 7) is 0.989. The number of fused-ring (bicyclic) bond motifs is 2. The van der Waals surface area contributed by atoms with E-state index in [1.165, 1.54) is 38.9 Å². The number of anilines is 1. The molecule has 0 bridgehead atoms. The van der Waals surface area contributed by atoms with Gasteiger partial charge in [-0.15, -0.1) is 0 Å². The number of nitrogens with zero attached hydrogens (tertiary/aromatic N) is 4. The van der Waals surface area contributed by atoms with Crippen molar-refractivity contribution in [2.24, 2.45) is 0 Å². The predicted octanol–water partition coefficient (Wildman–Crippen LogP) is 2.62. The van der Waals surface area contributed by atoms with Crippen LogP contribution in [-0.4, -0.2) is 53.8 Å². The smallest absolute Gasteiger partial charge is 0.303 e. The Kier molecular flexibility index (Phi) is 4.79. The Hall–Kier alpha value is -3.24. The van der Waals surface area contributed by atoms with Gasteiger partial charge in [-0.05, 0) is 36.2 Å². The number of hydrogen-bond donors (Lipinski definition) is 1. The average molecular weight is 456 g/mol. The summed E-state index contributed by atoms with van der Waals surface area (Å²) < 4.78 is 42.2. The number of hydrogen-bond acceptors (Lipinski definition) is 5. The van der Waals surface area contributed by atoms with Crippen molar-refractivity contribution >= 4 is 32.7 Å². The molecular weight excluding hydrogens is 435 g/mol. The lowest BCUT2D eigenvalue weighted by Crippen LogP contribution is -2.48. The first kappa shape index (κ1) is 20.7. The fraction of sp³-hybridized carbons (Fsp3) is 0.273. The predicted molar refractivity (Wildman–Crippen MR) is 117 cm³/mol. The lowest BCUT2D eigenvalue weighted by Gasteiger charge is -2.35. The van der Waals surface area contributed by atoms with Crippen LogP contribution in [0.1, 0.15) is 27.9 Å². The second kappa shape index (κ2) is 7.42. The number of aromatic hydroxyl groups is 1. The van der Waals surface area contributed by atoms with Gasteiger partial charge in [0.05, 0.1) is 11.3 Å². The highest BCUT2D eigenvalue weighted by atomic mass is 32.2.